The van der Waals surface area contributed by atoms with Crippen molar-refractivity contribution in [3.8, 4) is 6.07 Å². The summed E-state index contributed by atoms with van der Waals surface area (Å²) in [6.07, 6.45) is -2.85. The first-order valence-electron chi connectivity index (χ1n) is 3.53. The van der Waals surface area contributed by atoms with Gasteiger partial charge in [0.15, 0.2) is 11.5 Å². The Bertz CT molecular complexity index is 387. The lowest BCUT2D eigenvalue weighted by atomic mass is 10.2. The first-order valence-corrected chi connectivity index (χ1v) is 4.07. The van der Waals surface area contributed by atoms with Crippen LogP contribution in [0.4, 0.5) is 13.2 Å². The second-order valence-electron chi connectivity index (χ2n) is 2.40. The van der Waals surface area contributed by atoms with Crippen LogP contribution in [-0.2, 0) is 5.88 Å². The minimum atomic E-state index is -2.85. The molecule has 0 saturated heterocycles. The molecule has 0 radical (unpaired) electrons. The maximum atomic E-state index is 12.9. The van der Waals surface area contributed by atoms with Crippen molar-refractivity contribution in [3.63, 3.8) is 0 Å². The van der Waals surface area contributed by atoms with Crippen molar-refractivity contribution in [3.05, 3.63) is 28.8 Å². The molecule has 74 valence electrons. The van der Waals surface area contributed by atoms with Gasteiger partial charge in [0.1, 0.15) is 6.07 Å². The van der Waals surface area contributed by atoms with E-state index in [1.165, 1.54) is 6.07 Å². The van der Waals surface area contributed by atoms with Gasteiger partial charge < -0.3 is 0 Å². The van der Waals surface area contributed by atoms with Crippen LogP contribution in [0.25, 0.3) is 0 Å². The molecule has 2 nitrogen and oxygen atoms in total. The van der Waals surface area contributed by atoms with Crippen molar-refractivity contribution < 1.29 is 13.2 Å². The first kappa shape index (κ1) is 10.8. The number of nitriles is 1. The van der Waals surface area contributed by atoms with E-state index in [0.29, 0.717) is 6.07 Å². The molecule has 0 fully saturated rings. The van der Waals surface area contributed by atoms with Crippen LogP contribution in [0.5, 0.6) is 0 Å². The molecule has 0 saturated carbocycles. The van der Waals surface area contributed by atoms with Crippen molar-refractivity contribution in [1.29, 1.82) is 5.26 Å². The molecule has 0 aromatic carbocycles. The molecular formula is C8H4ClF3N2. The Morgan fingerprint density at radius 2 is 2.21 bits per heavy atom. The Kier molecular flexibility index (Phi) is 3.31. The molecular weight excluding hydrogens is 217 g/mol. The van der Waals surface area contributed by atoms with Crippen LogP contribution >= 0.6 is 11.6 Å². The number of halogens is 4. The standard InChI is InChI=1S/C8H4ClF3N2/c9-2-6-4(8(11)12)1-5(10)7(3-13)14-6/h1,8H,2H2. The lowest BCUT2D eigenvalue weighted by molar-refractivity contribution is 0.149. The minimum absolute atomic E-state index is 0.167. The predicted octanol–water partition coefficient (Wildman–Crippen LogP) is 2.77. The summed E-state index contributed by atoms with van der Waals surface area (Å²) in [6, 6.07) is 2.04. The van der Waals surface area contributed by atoms with Gasteiger partial charge in [-0.3, -0.25) is 0 Å². The van der Waals surface area contributed by atoms with Crippen LogP contribution < -0.4 is 0 Å². The Labute approximate surface area is 82.9 Å². The van der Waals surface area contributed by atoms with Gasteiger partial charge in [-0.25, -0.2) is 18.2 Å². The van der Waals surface area contributed by atoms with Crippen LogP contribution in [-0.4, -0.2) is 4.98 Å². The summed E-state index contributed by atoms with van der Waals surface area (Å²) in [7, 11) is 0. The number of alkyl halides is 3. The fraction of sp³-hybridized carbons (Fsp3) is 0.250. The average molecular weight is 221 g/mol. The Morgan fingerprint density at radius 3 is 2.64 bits per heavy atom. The first-order chi connectivity index (χ1) is 6.60. The van der Waals surface area contributed by atoms with E-state index in [-0.39, 0.29) is 11.6 Å². The summed E-state index contributed by atoms with van der Waals surface area (Å²) in [5.74, 6) is -1.34. The van der Waals surface area contributed by atoms with Crippen molar-refractivity contribution in [2.24, 2.45) is 0 Å². The molecule has 1 heterocycles. The SMILES string of the molecule is N#Cc1nc(CCl)c(C(F)F)cc1F. The maximum absolute atomic E-state index is 12.9. The molecule has 14 heavy (non-hydrogen) atoms. The molecule has 0 aliphatic rings. The topological polar surface area (TPSA) is 36.7 Å². The van der Waals surface area contributed by atoms with E-state index in [1.54, 1.807) is 0 Å². The molecule has 0 atom stereocenters. The van der Waals surface area contributed by atoms with Gasteiger partial charge in [-0.1, -0.05) is 0 Å². The highest BCUT2D eigenvalue weighted by molar-refractivity contribution is 6.17. The molecule has 6 heteroatoms. The van der Waals surface area contributed by atoms with Crippen molar-refractivity contribution >= 4 is 11.6 Å². The molecule has 1 rings (SSSR count). The summed E-state index contributed by atoms with van der Waals surface area (Å²) in [6.45, 7) is 0. The van der Waals surface area contributed by atoms with Crippen LogP contribution in [0.15, 0.2) is 6.07 Å². The molecule has 1 aromatic rings. The van der Waals surface area contributed by atoms with E-state index < -0.39 is 23.5 Å². The van der Waals surface area contributed by atoms with Gasteiger partial charge >= 0.3 is 0 Å². The van der Waals surface area contributed by atoms with Crippen LogP contribution in [0.2, 0.25) is 0 Å². The van der Waals surface area contributed by atoms with E-state index in [4.69, 9.17) is 16.9 Å². The summed E-state index contributed by atoms with van der Waals surface area (Å²) >= 11 is 5.33. The largest absolute Gasteiger partial charge is 0.265 e. The molecule has 0 aliphatic carbocycles. The number of nitrogens with zero attached hydrogens (tertiary/aromatic N) is 2. The Balaban J connectivity index is 3.33. The molecule has 1 aromatic heterocycles. The zero-order valence-electron chi connectivity index (χ0n) is 6.77. The Hall–Kier alpha value is -1.28. The molecule has 0 amide bonds. The summed E-state index contributed by atoms with van der Waals surface area (Å²) in [5.41, 5.74) is -1.26. The van der Waals surface area contributed by atoms with Crippen molar-refractivity contribution in [2.45, 2.75) is 12.3 Å². The van der Waals surface area contributed by atoms with Crippen molar-refractivity contribution in [2.75, 3.05) is 0 Å². The van der Waals surface area contributed by atoms with Gasteiger partial charge in [0.25, 0.3) is 6.43 Å². The van der Waals surface area contributed by atoms with E-state index in [9.17, 15) is 13.2 Å². The highest BCUT2D eigenvalue weighted by atomic mass is 35.5. The van der Waals surface area contributed by atoms with E-state index >= 15 is 0 Å². The van der Waals surface area contributed by atoms with Crippen molar-refractivity contribution in [1.82, 2.24) is 4.98 Å². The Morgan fingerprint density at radius 1 is 1.57 bits per heavy atom. The monoisotopic (exact) mass is 220 g/mol. The van der Waals surface area contributed by atoms with Gasteiger partial charge in [0.2, 0.25) is 0 Å². The summed E-state index contributed by atoms with van der Waals surface area (Å²) < 4.78 is 37.4. The van der Waals surface area contributed by atoms with Gasteiger partial charge in [0.05, 0.1) is 11.6 Å². The molecule has 0 aliphatic heterocycles. The zero-order valence-corrected chi connectivity index (χ0v) is 7.52. The van der Waals surface area contributed by atoms with Gasteiger partial charge in [-0.15, -0.1) is 11.6 Å². The third kappa shape index (κ3) is 1.96. The van der Waals surface area contributed by atoms with E-state index in [0.717, 1.165) is 0 Å². The molecule has 0 N–H and O–H groups in total. The number of pyridine rings is 1. The summed E-state index contributed by atoms with van der Waals surface area (Å²) in [5, 5.41) is 8.38. The molecule has 0 spiro atoms. The smallest absolute Gasteiger partial charge is 0.237 e. The number of aromatic nitrogens is 1. The van der Waals surface area contributed by atoms with Gasteiger partial charge in [0, 0.05) is 5.56 Å². The van der Waals surface area contributed by atoms with E-state index in [1.807, 2.05) is 0 Å². The quantitative estimate of drug-likeness (QED) is 0.719. The van der Waals surface area contributed by atoms with Gasteiger partial charge in [-0.2, -0.15) is 5.26 Å². The van der Waals surface area contributed by atoms with Crippen LogP contribution in [0.1, 0.15) is 23.4 Å². The average Bonchev–Trinajstić information content (AvgIpc) is 2.17. The number of hydrogen-bond acceptors (Lipinski definition) is 2. The lowest BCUT2D eigenvalue weighted by Gasteiger charge is -2.05. The fourth-order valence-corrected chi connectivity index (χ4v) is 1.13. The summed E-state index contributed by atoms with van der Waals surface area (Å²) in [4.78, 5) is 3.38. The number of rotatable bonds is 2. The third-order valence-electron chi connectivity index (χ3n) is 1.56. The predicted molar refractivity (Wildman–Crippen MR) is 43.4 cm³/mol. The normalized spacial score (nSPS) is 10.3. The van der Waals surface area contributed by atoms with Crippen LogP contribution in [0.3, 0.4) is 0 Å². The fourth-order valence-electron chi connectivity index (χ4n) is 0.915. The lowest BCUT2D eigenvalue weighted by Crippen LogP contribution is -2.01. The maximum Gasteiger partial charge on any atom is 0.265 e. The van der Waals surface area contributed by atoms with E-state index in [2.05, 4.69) is 4.98 Å². The molecule has 0 bridgehead atoms. The van der Waals surface area contributed by atoms with Crippen LogP contribution in [0, 0.1) is 17.1 Å². The second kappa shape index (κ2) is 4.29. The zero-order chi connectivity index (χ0) is 10.7. The highest BCUT2D eigenvalue weighted by Crippen LogP contribution is 2.24. The van der Waals surface area contributed by atoms with Gasteiger partial charge in [-0.05, 0) is 6.07 Å². The minimum Gasteiger partial charge on any atom is -0.237 e. The number of hydrogen-bond donors (Lipinski definition) is 0. The third-order valence-corrected chi connectivity index (χ3v) is 1.81. The molecule has 0 unspecified atom stereocenters. The highest BCUT2D eigenvalue weighted by Gasteiger charge is 2.17. The second-order valence-corrected chi connectivity index (χ2v) is 2.67.